The van der Waals surface area contributed by atoms with E-state index in [1.54, 1.807) is 18.2 Å². The van der Waals surface area contributed by atoms with Gasteiger partial charge in [0.05, 0.1) is 4.92 Å². The second kappa shape index (κ2) is 10.2. The Hall–Kier alpha value is -4.12. The molecule has 3 heterocycles. The molecule has 1 fully saturated rings. The van der Waals surface area contributed by atoms with Crippen LogP contribution >= 0.6 is 0 Å². The molecule has 1 aliphatic heterocycles. The Morgan fingerprint density at radius 1 is 1.06 bits per heavy atom. The standard InChI is InChI=1S/C25H28FN7O3/c1-25(2,3)32-14-12-31(13-15-32)22-9-8-20(33(35)36)23(30-22)28-19-10-11-27-21(16-19)29-24(34)17-4-6-18(26)7-5-17/h4-11,16H,12-15H2,1-3H3,(H2,27,28,29,30,34). The Labute approximate surface area is 208 Å². The number of carbonyl (C=O) groups excluding carboxylic acids is 1. The molecule has 0 bridgehead atoms. The number of halogens is 1. The Morgan fingerprint density at radius 2 is 1.75 bits per heavy atom. The summed E-state index contributed by atoms with van der Waals surface area (Å²) in [6.45, 7) is 9.80. The highest BCUT2D eigenvalue weighted by molar-refractivity contribution is 6.03. The van der Waals surface area contributed by atoms with Gasteiger partial charge >= 0.3 is 5.69 Å². The highest BCUT2D eigenvalue weighted by Crippen LogP contribution is 2.30. The monoisotopic (exact) mass is 493 g/mol. The van der Waals surface area contributed by atoms with Crippen LogP contribution in [0.3, 0.4) is 0 Å². The summed E-state index contributed by atoms with van der Waals surface area (Å²) in [5, 5.41) is 17.3. The fourth-order valence-electron chi connectivity index (χ4n) is 3.97. The van der Waals surface area contributed by atoms with Crippen LogP contribution < -0.4 is 15.5 Å². The Morgan fingerprint density at radius 3 is 2.39 bits per heavy atom. The minimum absolute atomic E-state index is 0.0763. The molecule has 1 aliphatic rings. The van der Waals surface area contributed by atoms with E-state index in [1.807, 2.05) is 0 Å². The van der Waals surface area contributed by atoms with E-state index in [1.165, 1.54) is 36.5 Å². The molecule has 0 spiro atoms. The molecule has 4 rings (SSSR count). The number of aromatic nitrogens is 2. The molecule has 1 aromatic carbocycles. The van der Waals surface area contributed by atoms with Crippen LogP contribution in [-0.4, -0.2) is 57.4 Å². The Bertz CT molecular complexity index is 1250. The minimum Gasteiger partial charge on any atom is -0.354 e. The molecule has 0 aliphatic carbocycles. The van der Waals surface area contributed by atoms with E-state index in [0.717, 1.165) is 26.2 Å². The van der Waals surface area contributed by atoms with Gasteiger partial charge in [-0.25, -0.2) is 14.4 Å². The maximum atomic E-state index is 13.1. The van der Waals surface area contributed by atoms with Crippen molar-refractivity contribution < 1.29 is 14.1 Å². The number of carbonyl (C=O) groups is 1. The van der Waals surface area contributed by atoms with Crippen LogP contribution in [0, 0.1) is 15.9 Å². The number of rotatable bonds is 6. The van der Waals surface area contributed by atoms with E-state index in [0.29, 0.717) is 11.5 Å². The van der Waals surface area contributed by atoms with E-state index >= 15 is 0 Å². The number of hydrogen-bond donors (Lipinski definition) is 2. The molecule has 2 aromatic heterocycles. The number of pyridine rings is 2. The first-order chi connectivity index (χ1) is 17.1. The van der Waals surface area contributed by atoms with Gasteiger partial charge in [0, 0.05) is 61.3 Å². The summed E-state index contributed by atoms with van der Waals surface area (Å²) in [4.78, 5) is 36.8. The van der Waals surface area contributed by atoms with Crippen molar-refractivity contribution in [3.63, 3.8) is 0 Å². The predicted molar refractivity (Wildman–Crippen MR) is 136 cm³/mol. The lowest BCUT2D eigenvalue weighted by molar-refractivity contribution is -0.384. The van der Waals surface area contributed by atoms with Crippen molar-refractivity contribution in [1.82, 2.24) is 14.9 Å². The van der Waals surface area contributed by atoms with Gasteiger partial charge < -0.3 is 15.5 Å². The van der Waals surface area contributed by atoms with Gasteiger partial charge in [0.15, 0.2) is 0 Å². The maximum absolute atomic E-state index is 13.1. The number of nitrogens with one attached hydrogen (secondary N) is 2. The number of anilines is 4. The zero-order chi connectivity index (χ0) is 25.9. The average Bonchev–Trinajstić information content (AvgIpc) is 2.84. The predicted octanol–water partition coefficient (Wildman–Crippen LogP) is 4.44. The summed E-state index contributed by atoms with van der Waals surface area (Å²) < 4.78 is 13.1. The highest BCUT2D eigenvalue weighted by atomic mass is 19.1. The molecule has 1 saturated heterocycles. The van der Waals surface area contributed by atoms with Gasteiger partial charge in [-0.2, -0.15) is 0 Å². The first-order valence-corrected chi connectivity index (χ1v) is 11.6. The molecule has 2 N–H and O–H groups in total. The molecular formula is C25H28FN7O3. The molecule has 3 aromatic rings. The van der Waals surface area contributed by atoms with Crippen molar-refractivity contribution in [1.29, 1.82) is 0 Å². The summed E-state index contributed by atoms with van der Waals surface area (Å²) in [6.07, 6.45) is 1.46. The van der Waals surface area contributed by atoms with Gasteiger partial charge in [-0.15, -0.1) is 0 Å². The second-order valence-corrected chi connectivity index (χ2v) is 9.45. The lowest BCUT2D eigenvalue weighted by atomic mass is 10.1. The second-order valence-electron chi connectivity index (χ2n) is 9.45. The summed E-state index contributed by atoms with van der Waals surface area (Å²) in [6, 6.07) is 11.4. The van der Waals surface area contributed by atoms with E-state index in [9.17, 15) is 19.3 Å². The summed E-state index contributed by atoms with van der Waals surface area (Å²) in [5.41, 5.74) is 0.644. The highest BCUT2D eigenvalue weighted by Gasteiger charge is 2.27. The molecule has 0 saturated carbocycles. The van der Waals surface area contributed by atoms with Gasteiger partial charge in [0.2, 0.25) is 5.82 Å². The van der Waals surface area contributed by atoms with Crippen molar-refractivity contribution >= 4 is 34.7 Å². The fourth-order valence-corrected chi connectivity index (χ4v) is 3.97. The van der Waals surface area contributed by atoms with Crippen LogP contribution in [0.1, 0.15) is 31.1 Å². The molecular weight excluding hydrogens is 465 g/mol. The molecule has 1 amide bonds. The third-order valence-corrected chi connectivity index (χ3v) is 5.98. The average molecular weight is 494 g/mol. The molecule has 0 atom stereocenters. The number of amides is 1. The maximum Gasteiger partial charge on any atom is 0.311 e. The van der Waals surface area contributed by atoms with Crippen molar-refractivity contribution in [3.8, 4) is 0 Å². The normalized spacial score (nSPS) is 14.4. The van der Waals surface area contributed by atoms with Crippen molar-refractivity contribution in [3.05, 3.63) is 76.2 Å². The largest absolute Gasteiger partial charge is 0.354 e. The quantitative estimate of drug-likeness (QED) is 0.382. The smallest absolute Gasteiger partial charge is 0.311 e. The van der Waals surface area contributed by atoms with E-state index in [2.05, 4.69) is 51.2 Å². The van der Waals surface area contributed by atoms with E-state index < -0.39 is 16.6 Å². The molecule has 0 radical (unpaired) electrons. The van der Waals surface area contributed by atoms with E-state index in [-0.39, 0.29) is 28.4 Å². The Balaban J connectivity index is 1.51. The molecule has 0 unspecified atom stereocenters. The topological polar surface area (TPSA) is 117 Å². The zero-order valence-electron chi connectivity index (χ0n) is 20.4. The first-order valence-electron chi connectivity index (χ1n) is 11.6. The Kier molecular flexibility index (Phi) is 7.11. The summed E-state index contributed by atoms with van der Waals surface area (Å²) in [7, 11) is 0. The van der Waals surface area contributed by atoms with E-state index in [4.69, 9.17) is 0 Å². The summed E-state index contributed by atoms with van der Waals surface area (Å²) in [5.74, 6) is 0.0724. The van der Waals surface area contributed by atoms with Gasteiger partial charge in [-0.1, -0.05) is 0 Å². The zero-order valence-corrected chi connectivity index (χ0v) is 20.4. The van der Waals surface area contributed by atoms with Gasteiger partial charge in [0.1, 0.15) is 17.5 Å². The molecule has 11 heteroatoms. The van der Waals surface area contributed by atoms with Crippen LogP contribution in [0.4, 0.5) is 33.2 Å². The number of benzene rings is 1. The number of nitro groups is 1. The number of hydrogen-bond acceptors (Lipinski definition) is 8. The fraction of sp³-hybridized carbons (Fsp3) is 0.320. The third kappa shape index (κ3) is 5.92. The van der Waals surface area contributed by atoms with Crippen LogP contribution in [0.25, 0.3) is 0 Å². The number of piperazine rings is 1. The van der Waals surface area contributed by atoms with Crippen molar-refractivity contribution in [2.75, 3.05) is 41.7 Å². The van der Waals surface area contributed by atoms with Crippen LogP contribution in [-0.2, 0) is 0 Å². The lowest BCUT2D eigenvalue weighted by Crippen LogP contribution is -2.53. The molecule has 36 heavy (non-hydrogen) atoms. The van der Waals surface area contributed by atoms with Crippen molar-refractivity contribution in [2.45, 2.75) is 26.3 Å². The lowest BCUT2D eigenvalue weighted by Gasteiger charge is -2.42. The summed E-state index contributed by atoms with van der Waals surface area (Å²) >= 11 is 0. The van der Waals surface area contributed by atoms with Crippen LogP contribution in [0.2, 0.25) is 0 Å². The van der Waals surface area contributed by atoms with Gasteiger partial charge in [-0.05, 0) is 57.2 Å². The number of nitrogens with zero attached hydrogens (tertiary/aromatic N) is 5. The third-order valence-electron chi connectivity index (χ3n) is 5.98. The van der Waals surface area contributed by atoms with Crippen LogP contribution in [0.15, 0.2) is 54.7 Å². The van der Waals surface area contributed by atoms with Crippen LogP contribution in [0.5, 0.6) is 0 Å². The van der Waals surface area contributed by atoms with Gasteiger partial charge in [0.25, 0.3) is 5.91 Å². The first kappa shape index (κ1) is 25.0. The molecule has 10 nitrogen and oxygen atoms in total. The van der Waals surface area contributed by atoms with Gasteiger partial charge in [-0.3, -0.25) is 19.8 Å². The van der Waals surface area contributed by atoms with Crippen molar-refractivity contribution in [2.24, 2.45) is 0 Å². The molecule has 188 valence electrons. The minimum atomic E-state index is -0.491. The SMILES string of the molecule is CC(C)(C)N1CCN(c2ccc([N+](=O)[O-])c(Nc3ccnc(NC(=O)c4ccc(F)cc4)c3)n2)CC1.